The molecule has 15 heteroatoms. The highest BCUT2D eigenvalue weighted by Gasteiger charge is 2.32. The molecular weight excluding hydrogens is 545 g/mol. The van der Waals surface area contributed by atoms with Crippen molar-refractivity contribution in [3.63, 3.8) is 0 Å². The number of benzene rings is 1. The van der Waals surface area contributed by atoms with E-state index in [-0.39, 0.29) is 28.4 Å². The highest BCUT2D eigenvalue weighted by molar-refractivity contribution is 5.96. The lowest BCUT2D eigenvalue weighted by Crippen LogP contribution is -2.29. The molecule has 1 aliphatic rings. The van der Waals surface area contributed by atoms with Gasteiger partial charge in [0.1, 0.15) is 18.3 Å². The van der Waals surface area contributed by atoms with Gasteiger partial charge in [-0.15, -0.1) is 0 Å². The molecule has 1 aliphatic carbocycles. The van der Waals surface area contributed by atoms with E-state index in [1.54, 1.807) is 22.8 Å². The van der Waals surface area contributed by atoms with Crippen LogP contribution in [-0.2, 0) is 6.18 Å². The molecule has 2 atom stereocenters. The van der Waals surface area contributed by atoms with Crippen molar-refractivity contribution in [2.45, 2.75) is 45.0 Å². The number of carbonyl (C=O) groups excluding carboxylic acids is 2. The Labute approximate surface area is 232 Å². The Hall–Kier alpha value is -4.50. The number of carbonyl (C=O) groups is 2. The fourth-order valence-corrected chi connectivity index (χ4v) is 4.24. The number of hydrogen-bond acceptors (Lipinski definition) is 7. The number of aryl methyl sites for hydroxylation is 1. The van der Waals surface area contributed by atoms with Gasteiger partial charge in [0.25, 0.3) is 0 Å². The first-order valence-electron chi connectivity index (χ1n) is 12.7. The van der Waals surface area contributed by atoms with Crippen molar-refractivity contribution in [1.82, 2.24) is 30.2 Å². The molecule has 4 rings (SSSR count). The van der Waals surface area contributed by atoms with E-state index in [0.717, 1.165) is 12.5 Å². The number of allylic oxidation sites excluding steroid dienone is 3. The van der Waals surface area contributed by atoms with Gasteiger partial charge in [-0.3, -0.25) is 5.32 Å². The van der Waals surface area contributed by atoms with E-state index in [2.05, 4.69) is 36.2 Å². The van der Waals surface area contributed by atoms with Crippen LogP contribution in [0.2, 0.25) is 0 Å². The monoisotopic (exact) mass is 574 g/mol. The van der Waals surface area contributed by atoms with Gasteiger partial charge in [-0.2, -0.15) is 13.2 Å². The number of amides is 4. The van der Waals surface area contributed by atoms with Crippen LogP contribution in [0.1, 0.15) is 48.9 Å². The van der Waals surface area contributed by atoms with E-state index in [9.17, 15) is 33.0 Å². The second kappa shape index (κ2) is 12.3. The molecule has 0 bridgehead atoms. The molecule has 2 heterocycles. The van der Waals surface area contributed by atoms with Gasteiger partial charge < -0.3 is 30.7 Å². The predicted molar refractivity (Wildman–Crippen MR) is 144 cm³/mol. The molecule has 4 amide bonds. The smallest absolute Gasteiger partial charge is 0.393 e. The third kappa shape index (κ3) is 6.81. The molecule has 2 unspecified atom stereocenters. The molecule has 0 spiro atoms. The van der Waals surface area contributed by atoms with Crippen LogP contribution in [0.15, 0.2) is 48.5 Å². The summed E-state index contributed by atoms with van der Waals surface area (Å²) in [5, 5.41) is 30.4. The summed E-state index contributed by atoms with van der Waals surface area (Å²) in [5.41, 5.74) is 0.0769. The molecule has 2 aromatic heterocycles. The number of urea groups is 2. The Kier molecular flexibility index (Phi) is 8.88. The molecule has 0 saturated heterocycles. The lowest BCUT2D eigenvalue weighted by Gasteiger charge is -2.22. The van der Waals surface area contributed by atoms with Crippen molar-refractivity contribution in [3.8, 4) is 0 Å². The normalized spacial score (nSPS) is 15.8. The van der Waals surface area contributed by atoms with Crippen molar-refractivity contribution >= 4 is 34.7 Å². The first kappa shape index (κ1) is 29.5. The fourth-order valence-electron chi connectivity index (χ4n) is 4.24. The number of alkyl halides is 3. The summed E-state index contributed by atoms with van der Waals surface area (Å²) in [6.07, 6.45) is 1.34. The number of aliphatic hydroxyl groups is 2. The van der Waals surface area contributed by atoms with E-state index < -0.39 is 42.6 Å². The summed E-state index contributed by atoms with van der Waals surface area (Å²) < 4.78 is 41.2. The summed E-state index contributed by atoms with van der Waals surface area (Å²) in [6.45, 7) is 3.08. The molecule has 1 aromatic carbocycles. The van der Waals surface area contributed by atoms with E-state index in [4.69, 9.17) is 0 Å². The van der Waals surface area contributed by atoms with Gasteiger partial charge >= 0.3 is 18.2 Å². The first-order chi connectivity index (χ1) is 19.5. The van der Waals surface area contributed by atoms with Crippen molar-refractivity contribution in [3.05, 3.63) is 65.4 Å². The maximum atomic E-state index is 13.2. The molecule has 0 saturated carbocycles. The molecule has 6 N–H and O–H groups in total. The van der Waals surface area contributed by atoms with E-state index in [0.29, 0.717) is 24.3 Å². The SMILES string of the molecule is CCCNC(=O)Nc1ncnc2c1nc(C(O)CO)n2C1C=CC(NC(=O)Nc2ccc(C)c(C(F)(F)F)c2)=CC1. The molecular formula is C26H29F3N8O4. The standard InChI is InChI=1S/C26H29F3N8O4/c1-3-10-30-24(40)36-21-20-23(32-13-31-21)37(22(35-20)19(39)12-38)17-8-6-15(7-9-17)33-25(41)34-16-5-4-14(2)18(11-16)26(27,28)29/h4-8,11,13,17,19,38-39H,3,9-10,12H2,1-2H3,(H2,33,34,41)(H2,30,31,32,36,40). The van der Waals surface area contributed by atoms with Crippen LogP contribution in [0.25, 0.3) is 11.2 Å². The Morgan fingerprint density at radius 1 is 1.17 bits per heavy atom. The molecule has 3 aromatic rings. The largest absolute Gasteiger partial charge is 0.416 e. The van der Waals surface area contributed by atoms with Gasteiger partial charge in [-0.1, -0.05) is 25.1 Å². The van der Waals surface area contributed by atoms with Crippen molar-refractivity contribution in [2.24, 2.45) is 0 Å². The summed E-state index contributed by atoms with van der Waals surface area (Å²) >= 11 is 0. The van der Waals surface area contributed by atoms with Crippen molar-refractivity contribution in [2.75, 3.05) is 23.8 Å². The molecule has 41 heavy (non-hydrogen) atoms. The second-order valence-electron chi connectivity index (χ2n) is 9.24. The summed E-state index contributed by atoms with van der Waals surface area (Å²) in [5.74, 6) is 0.213. The van der Waals surface area contributed by atoms with Gasteiger partial charge in [0.15, 0.2) is 17.0 Å². The lowest BCUT2D eigenvalue weighted by atomic mass is 10.1. The molecule has 218 valence electrons. The summed E-state index contributed by atoms with van der Waals surface area (Å²) in [6, 6.07) is 1.85. The van der Waals surface area contributed by atoms with Crippen LogP contribution in [0.3, 0.4) is 0 Å². The summed E-state index contributed by atoms with van der Waals surface area (Å²) in [7, 11) is 0. The number of aromatic nitrogens is 4. The van der Waals surface area contributed by atoms with Gasteiger partial charge in [0, 0.05) is 17.9 Å². The zero-order chi connectivity index (χ0) is 29.7. The van der Waals surface area contributed by atoms with Crippen LogP contribution in [0, 0.1) is 6.92 Å². The van der Waals surface area contributed by atoms with Crippen LogP contribution in [-0.4, -0.2) is 54.9 Å². The van der Waals surface area contributed by atoms with E-state index in [1.165, 1.54) is 25.4 Å². The highest BCUT2D eigenvalue weighted by atomic mass is 19.4. The molecule has 0 fully saturated rings. The zero-order valence-corrected chi connectivity index (χ0v) is 22.2. The van der Waals surface area contributed by atoms with Crippen molar-refractivity contribution in [1.29, 1.82) is 0 Å². The van der Waals surface area contributed by atoms with Crippen molar-refractivity contribution < 1.29 is 33.0 Å². The minimum absolute atomic E-state index is 0.0151. The average Bonchev–Trinajstić information content (AvgIpc) is 3.33. The first-order valence-corrected chi connectivity index (χ1v) is 12.7. The number of imidazole rings is 1. The number of nitrogens with one attached hydrogen (secondary N) is 4. The van der Waals surface area contributed by atoms with Gasteiger partial charge in [-0.25, -0.2) is 24.5 Å². The molecule has 0 radical (unpaired) electrons. The topological polar surface area (TPSA) is 166 Å². The van der Waals surface area contributed by atoms with Crippen LogP contribution in [0.5, 0.6) is 0 Å². The van der Waals surface area contributed by atoms with Crippen LogP contribution >= 0.6 is 0 Å². The Morgan fingerprint density at radius 2 is 1.95 bits per heavy atom. The Morgan fingerprint density at radius 3 is 2.61 bits per heavy atom. The minimum atomic E-state index is -4.55. The third-order valence-corrected chi connectivity index (χ3v) is 6.21. The zero-order valence-electron chi connectivity index (χ0n) is 22.2. The quantitative estimate of drug-likeness (QED) is 0.237. The maximum Gasteiger partial charge on any atom is 0.416 e. The number of rotatable bonds is 8. The predicted octanol–water partition coefficient (Wildman–Crippen LogP) is 3.92. The number of fused-ring (bicyclic) bond motifs is 1. The summed E-state index contributed by atoms with van der Waals surface area (Å²) in [4.78, 5) is 37.5. The number of nitrogens with zero attached hydrogens (tertiary/aromatic N) is 4. The second-order valence-corrected chi connectivity index (χ2v) is 9.24. The van der Waals surface area contributed by atoms with E-state index >= 15 is 0 Å². The Bertz CT molecular complexity index is 1500. The van der Waals surface area contributed by atoms with Gasteiger partial charge in [0.05, 0.1) is 18.2 Å². The highest BCUT2D eigenvalue weighted by Crippen LogP contribution is 2.34. The van der Waals surface area contributed by atoms with Gasteiger partial charge in [-0.05, 0) is 43.5 Å². The van der Waals surface area contributed by atoms with E-state index in [1.807, 2.05) is 6.92 Å². The lowest BCUT2D eigenvalue weighted by molar-refractivity contribution is -0.138. The minimum Gasteiger partial charge on any atom is -0.393 e. The molecule has 12 nitrogen and oxygen atoms in total. The number of halogens is 3. The average molecular weight is 575 g/mol. The van der Waals surface area contributed by atoms with Gasteiger partial charge in [0.2, 0.25) is 0 Å². The third-order valence-electron chi connectivity index (χ3n) is 6.21. The molecule has 0 aliphatic heterocycles. The fraction of sp³-hybridized carbons (Fsp3) is 0.346. The van der Waals surface area contributed by atoms with Crippen LogP contribution < -0.4 is 21.3 Å². The number of hydrogen-bond donors (Lipinski definition) is 6. The number of aliphatic hydroxyl groups excluding tert-OH is 2. The maximum absolute atomic E-state index is 13.2. The number of anilines is 2. The van der Waals surface area contributed by atoms with Crippen LogP contribution in [0.4, 0.5) is 34.3 Å². The Balaban J connectivity index is 1.51.